The van der Waals surface area contributed by atoms with Crippen molar-refractivity contribution in [3.63, 3.8) is 0 Å². The van der Waals surface area contributed by atoms with Crippen molar-refractivity contribution in [3.05, 3.63) is 64.7 Å². The average molecular weight is 432 g/mol. The second-order valence-corrected chi connectivity index (χ2v) is 11.3. The standard InChI is InChI=1S/C30H41NO/c1-5-22-17-27-23(18-29(22)32-20-21-9-7-6-8-10-21)11-13-26-25(27)15-16-30(2)24(19-31(3)4)12-14-28(26)30/h6-10,17-18,24-26,28H,5,11-16,19-20H2,1-4H3/t24-,25+,26-,28+,30-/m1/s1. The Kier molecular flexibility index (Phi) is 6.09. The first kappa shape index (κ1) is 22.0. The average Bonchev–Trinajstić information content (AvgIpc) is 3.13. The number of fused-ring (bicyclic) bond motifs is 5. The molecule has 5 rings (SSSR count). The zero-order chi connectivity index (χ0) is 22.3. The van der Waals surface area contributed by atoms with Gasteiger partial charge in [-0.15, -0.1) is 0 Å². The molecule has 2 saturated carbocycles. The van der Waals surface area contributed by atoms with Crippen molar-refractivity contribution in [3.8, 4) is 5.75 Å². The van der Waals surface area contributed by atoms with Gasteiger partial charge in [-0.05, 0) is 116 Å². The second-order valence-electron chi connectivity index (χ2n) is 11.3. The van der Waals surface area contributed by atoms with Crippen molar-refractivity contribution in [2.75, 3.05) is 20.6 Å². The van der Waals surface area contributed by atoms with Crippen LogP contribution >= 0.6 is 0 Å². The van der Waals surface area contributed by atoms with Crippen LogP contribution in [0.3, 0.4) is 0 Å². The molecule has 0 heterocycles. The number of benzene rings is 2. The lowest BCUT2D eigenvalue weighted by Gasteiger charge is -2.51. The number of rotatable bonds is 6. The second kappa shape index (κ2) is 8.86. The van der Waals surface area contributed by atoms with Crippen LogP contribution in [0.1, 0.15) is 74.1 Å². The molecule has 3 aliphatic rings. The SMILES string of the molecule is CCc1cc2c(cc1OCc1ccccc1)CC[C@@H]1[C@@H]2CC[C@]2(C)[C@@H](CN(C)C)CC[C@@H]12. The summed E-state index contributed by atoms with van der Waals surface area (Å²) in [4.78, 5) is 2.42. The summed E-state index contributed by atoms with van der Waals surface area (Å²) in [7, 11) is 4.51. The van der Waals surface area contributed by atoms with Gasteiger partial charge in [-0.3, -0.25) is 0 Å². The molecule has 2 aromatic rings. The van der Waals surface area contributed by atoms with E-state index in [1.807, 2.05) is 0 Å². The van der Waals surface area contributed by atoms with E-state index in [1.165, 1.54) is 56.2 Å². The lowest BCUT2D eigenvalue weighted by atomic mass is 9.54. The Bertz CT molecular complexity index is 935. The molecule has 0 N–H and O–H groups in total. The lowest BCUT2D eigenvalue weighted by Crippen LogP contribution is -2.44. The molecule has 2 heteroatoms. The highest BCUT2D eigenvalue weighted by Gasteiger charge is 2.54. The summed E-state index contributed by atoms with van der Waals surface area (Å²) >= 11 is 0. The fourth-order valence-corrected chi connectivity index (χ4v) is 7.64. The molecule has 0 aromatic heterocycles. The molecule has 0 bridgehead atoms. The highest BCUT2D eigenvalue weighted by Crippen LogP contribution is 2.63. The normalized spacial score (nSPS) is 31.2. The van der Waals surface area contributed by atoms with Crippen molar-refractivity contribution in [2.45, 2.75) is 71.3 Å². The van der Waals surface area contributed by atoms with E-state index >= 15 is 0 Å². The topological polar surface area (TPSA) is 12.5 Å². The Hall–Kier alpha value is -1.80. The molecule has 172 valence electrons. The molecule has 0 amide bonds. The summed E-state index contributed by atoms with van der Waals surface area (Å²) in [6, 6.07) is 15.5. The molecule has 2 aromatic carbocycles. The van der Waals surface area contributed by atoms with Crippen molar-refractivity contribution in [2.24, 2.45) is 23.2 Å². The summed E-state index contributed by atoms with van der Waals surface area (Å²) in [5, 5.41) is 0. The van der Waals surface area contributed by atoms with E-state index in [-0.39, 0.29) is 0 Å². The van der Waals surface area contributed by atoms with E-state index in [4.69, 9.17) is 4.74 Å². The zero-order valence-corrected chi connectivity index (χ0v) is 20.6. The van der Waals surface area contributed by atoms with Gasteiger partial charge in [0.05, 0.1) is 0 Å². The van der Waals surface area contributed by atoms with Gasteiger partial charge in [0.2, 0.25) is 0 Å². The number of aryl methyl sites for hydroxylation is 2. The molecule has 0 aliphatic heterocycles. The first-order chi connectivity index (χ1) is 15.5. The van der Waals surface area contributed by atoms with Crippen molar-refractivity contribution in [1.29, 1.82) is 0 Å². The number of ether oxygens (including phenoxy) is 1. The van der Waals surface area contributed by atoms with Gasteiger partial charge in [-0.2, -0.15) is 0 Å². The quantitative estimate of drug-likeness (QED) is 0.495. The molecule has 0 spiro atoms. The van der Waals surface area contributed by atoms with E-state index in [1.54, 1.807) is 11.1 Å². The summed E-state index contributed by atoms with van der Waals surface area (Å²) < 4.78 is 6.35. The molecule has 0 unspecified atom stereocenters. The van der Waals surface area contributed by atoms with E-state index in [9.17, 15) is 0 Å². The summed E-state index contributed by atoms with van der Waals surface area (Å²) in [6.45, 7) is 6.84. The van der Waals surface area contributed by atoms with Crippen molar-refractivity contribution < 1.29 is 4.74 Å². The number of nitrogens with zero attached hydrogens (tertiary/aromatic N) is 1. The Morgan fingerprint density at radius 1 is 1.03 bits per heavy atom. The third-order valence-electron chi connectivity index (χ3n) is 9.31. The van der Waals surface area contributed by atoms with Crippen LogP contribution in [0.4, 0.5) is 0 Å². The highest BCUT2D eigenvalue weighted by molar-refractivity contribution is 5.46. The molecular formula is C30H41NO. The van der Waals surface area contributed by atoms with Crippen LogP contribution < -0.4 is 4.74 Å². The predicted molar refractivity (Wildman–Crippen MR) is 133 cm³/mol. The van der Waals surface area contributed by atoms with Crippen LogP contribution in [0, 0.1) is 23.2 Å². The van der Waals surface area contributed by atoms with Gasteiger partial charge < -0.3 is 9.64 Å². The van der Waals surface area contributed by atoms with E-state index in [0.29, 0.717) is 12.0 Å². The van der Waals surface area contributed by atoms with Gasteiger partial charge in [0.15, 0.2) is 0 Å². The molecule has 5 atom stereocenters. The number of hydrogen-bond donors (Lipinski definition) is 0. The fourth-order valence-electron chi connectivity index (χ4n) is 7.64. The summed E-state index contributed by atoms with van der Waals surface area (Å²) in [5.41, 5.74) is 6.43. The molecule has 3 aliphatic carbocycles. The molecule has 2 fully saturated rings. The van der Waals surface area contributed by atoms with Crippen LogP contribution in [0.15, 0.2) is 42.5 Å². The van der Waals surface area contributed by atoms with Crippen LogP contribution in [-0.2, 0) is 19.4 Å². The Morgan fingerprint density at radius 2 is 1.84 bits per heavy atom. The smallest absolute Gasteiger partial charge is 0.123 e. The number of hydrogen-bond acceptors (Lipinski definition) is 2. The molecule has 0 radical (unpaired) electrons. The molecular weight excluding hydrogens is 390 g/mol. The maximum atomic E-state index is 6.35. The van der Waals surface area contributed by atoms with Gasteiger partial charge in [0.1, 0.15) is 12.4 Å². The Balaban J connectivity index is 1.38. The first-order valence-electron chi connectivity index (χ1n) is 13.0. The third-order valence-corrected chi connectivity index (χ3v) is 9.31. The van der Waals surface area contributed by atoms with Crippen LogP contribution in [-0.4, -0.2) is 25.5 Å². The summed E-state index contributed by atoms with van der Waals surface area (Å²) in [5.74, 6) is 4.56. The van der Waals surface area contributed by atoms with E-state index in [0.717, 1.165) is 35.8 Å². The van der Waals surface area contributed by atoms with Crippen molar-refractivity contribution >= 4 is 0 Å². The fraction of sp³-hybridized carbons (Fsp3) is 0.600. The maximum absolute atomic E-state index is 6.35. The summed E-state index contributed by atoms with van der Waals surface area (Å²) in [6.07, 6.45) is 9.31. The van der Waals surface area contributed by atoms with Gasteiger partial charge in [0.25, 0.3) is 0 Å². The van der Waals surface area contributed by atoms with Crippen LogP contribution in [0.5, 0.6) is 5.75 Å². The van der Waals surface area contributed by atoms with Crippen molar-refractivity contribution in [1.82, 2.24) is 4.90 Å². The molecule has 32 heavy (non-hydrogen) atoms. The predicted octanol–water partition coefficient (Wildman–Crippen LogP) is 6.86. The Labute approximate surface area is 195 Å². The van der Waals surface area contributed by atoms with E-state index < -0.39 is 0 Å². The minimum absolute atomic E-state index is 0.551. The van der Waals surface area contributed by atoms with Crippen LogP contribution in [0.2, 0.25) is 0 Å². The molecule has 2 nitrogen and oxygen atoms in total. The Morgan fingerprint density at radius 3 is 2.59 bits per heavy atom. The minimum atomic E-state index is 0.551. The lowest BCUT2D eigenvalue weighted by molar-refractivity contribution is 0.0210. The van der Waals surface area contributed by atoms with Gasteiger partial charge in [-0.1, -0.05) is 50.2 Å². The third kappa shape index (κ3) is 3.89. The monoisotopic (exact) mass is 431 g/mol. The molecule has 0 saturated heterocycles. The van der Waals surface area contributed by atoms with Gasteiger partial charge in [-0.25, -0.2) is 0 Å². The zero-order valence-electron chi connectivity index (χ0n) is 20.6. The first-order valence-corrected chi connectivity index (χ1v) is 13.0. The van der Waals surface area contributed by atoms with Gasteiger partial charge >= 0.3 is 0 Å². The van der Waals surface area contributed by atoms with Gasteiger partial charge in [0, 0.05) is 6.54 Å². The highest BCUT2D eigenvalue weighted by atomic mass is 16.5. The largest absolute Gasteiger partial charge is 0.489 e. The van der Waals surface area contributed by atoms with E-state index in [2.05, 4.69) is 75.3 Å². The minimum Gasteiger partial charge on any atom is -0.489 e. The van der Waals surface area contributed by atoms with Crippen LogP contribution in [0.25, 0.3) is 0 Å². The maximum Gasteiger partial charge on any atom is 0.123 e.